The average Bonchev–Trinajstić information content (AvgIpc) is 3.05. The maximum atomic E-state index is 13.0. The summed E-state index contributed by atoms with van der Waals surface area (Å²) in [6.45, 7) is 23.3. The summed E-state index contributed by atoms with van der Waals surface area (Å²) in [6, 6.07) is 0. The van der Waals surface area contributed by atoms with Crippen LogP contribution in [-0.2, 0) is 19.1 Å². The summed E-state index contributed by atoms with van der Waals surface area (Å²) in [4.78, 5) is 30.7. The summed E-state index contributed by atoms with van der Waals surface area (Å²) in [7, 11) is 0. The van der Waals surface area contributed by atoms with E-state index in [2.05, 4.69) is 51.3 Å². The van der Waals surface area contributed by atoms with E-state index in [0.717, 1.165) is 77.3 Å². The molecule has 2 fully saturated rings. The predicted octanol–water partition coefficient (Wildman–Crippen LogP) is 10.6. The highest BCUT2D eigenvalue weighted by atomic mass is 16.7. The number of esters is 2. The number of likely N-dealkylation sites (tertiary alicyclic amines) is 2. The Bertz CT molecular complexity index is 975. The molecule has 2 saturated heterocycles. The number of hydrogen-bond acceptors (Lipinski definition) is 8. The number of carbonyl (C=O) groups excluding carboxylic acids is 2. The number of rotatable bonds is 25. The van der Waals surface area contributed by atoms with Gasteiger partial charge in [0.2, 0.25) is 11.6 Å². The largest absolute Gasteiger partial charge is 0.431 e. The third-order valence-electron chi connectivity index (χ3n) is 12.9. The van der Waals surface area contributed by atoms with Crippen molar-refractivity contribution in [1.29, 1.82) is 0 Å². The zero-order valence-electron chi connectivity index (χ0n) is 35.8. The van der Waals surface area contributed by atoms with Crippen molar-refractivity contribution in [3.05, 3.63) is 0 Å². The lowest BCUT2D eigenvalue weighted by Gasteiger charge is -2.59. The van der Waals surface area contributed by atoms with Crippen LogP contribution in [0.5, 0.6) is 0 Å². The zero-order valence-corrected chi connectivity index (χ0v) is 35.8. The molecule has 0 aromatic carbocycles. The molecule has 0 radical (unpaired) electrons. The average molecular weight is 737 g/mol. The van der Waals surface area contributed by atoms with Crippen LogP contribution >= 0.6 is 0 Å². The zero-order chi connectivity index (χ0) is 39.1. The summed E-state index contributed by atoms with van der Waals surface area (Å²) < 4.78 is 11.8. The second kappa shape index (κ2) is 21.2. The van der Waals surface area contributed by atoms with Crippen LogP contribution in [0.2, 0.25) is 0 Å². The topological polar surface area (TPSA) is 99.5 Å². The van der Waals surface area contributed by atoms with Crippen molar-refractivity contribution < 1.29 is 29.3 Å². The van der Waals surface area contributed by atoms with Gasteiger partial charge in [-0.05, 0) is 107 Å². The molecular weight excluding hydrogens is 652 g/mol. The minimum atomic E-state index is -1.50. The van der Waals surface area contributed by atoms with Crippen LogP contribution in [0.15, 0.2) is 0 Å². The van der Waals surface area contributed by atoms with Crippen molar-refractivity contribution >= 4 is 11.9 Å². The molecule has 0 aliphatic carbocycles. The molecule has 0 saturated carbocycles. The van der Waals surface area contributed by atoms with Crippen molar-refractivity contribution in [2.24, 2.45) is 0 Å². The fourth-order valence-electron chi connectivity index (χ4n) is 9.11. The maximum Gasteiger partial charge on any atom is 0.308 e. The quantitative estimate of drug-likeness (QED) is 0.0543. The molecule has 8 heteroatoms. The second-order valence-corrected chi connectivity index (χ2v) is 18.7. The number of carbonyl (C=O) groups is 2. The molecule has 52 heavy (non-hydrogen) atoms. The highest BCUT2D eigenvalue weighted by Gasteiger charge is 2.59. The second-order valence-electron chi connectivity index (χ2n) is 18.7. The summed E-state index contributed by atoms with van der Waals surface area (Å²) in [5.74, 6) is -3.65. The molecule has 2 atom stereocenters. The minimum absolute atomic E-state index is 0.0698. The van der Waals surface area contributed by atoms with Crippen molar-refractivity contribution in [3.63, 3.8) is 0 Å². The van der Waals surface area contributed by atoms with E-state index in [9.17, 15) is 19.8 Å². The summed E-state index contributed by atoms with van der Waals surface area (Å²) in [5.41, 5.74) is -1.50. The van der Waals surface area contributed by atoms with E-state index in [1.54, 1.807) is 0 Å². The first-order valence-corrected chi connectivity index (χ1v) is 21.7. The van der Waals surface area contributed by atoms with E-state index < -0.39 is 22.7 Å². The Hall–Kier alpha value is -1.22. The van der Waals surface area contributed by atoms with E-state index in [-0.39, 0.29) is 23.0 Å². The number of unbranched alkanes of at least 4 members (excludes halogenated alkanes) is 15. The van der Waals surface area contributed by atoms with Crippen LogP contribution in [0, 0.1) is 0 Å². The van der Waals surface area contributed by atoms with Gasteiger partial charge in [-0.25, -0.2) is 0 Å². The maximum absolute atomic E-state index is 13.0. The lowest BCUT2D eigenvalue weighted by Crippen LogP contribution is -2.71. The first-order chi connectivity index (χ1) is 24.3. The SMILES string of the molecule is CCCCCCCCN1C(C)(C)CCC(O)(OC(=O)CCCCCCCCC(=O)OC2(O)CCC(C)(C)N(CCCCCCCC)C2(C)C)C1(C)C. The third kappa shape index (κ3) is 13.2. The van der Waals surface area contributed by atoms with Crippen molar-refractivity contribution in [2.45, 2.75) is 257 Å². The van der Waals surface area contributed by atoms with Gasteiger partial charge in [0.25, 0.3) is 0 Å². The lowest BCUT2D eigenvalue weighted by molar-refractivity contribution is -0.291. The van der Waals surface area contributed by atoms with Gasteiger partial charge < -0.3 is 19.7 Å². The molecule has 0 aromatic rings. The third-order valence-corrected chi connectivity index (χ3v) is 12.9. The number of piperidine rings is 2. The monoisotopic (exact) mass is 737 g/mol. The predicted molar refractivity (Wildman–Crippen MR) is 214 cm³/mol. The molecule has 2 N–H and O–H groups in total. The van der Waals surface area contributed by atoms with E-state index in [0.29, 0.717) is 25.7 Å². The van der Waals surface area contributed by atoms with Crippen molar-refractivity contribution in [2.75, 3.05) is 13.1 Å². The van der Waals surface area contributed by atoms with Crippen LogP contribution in [0.3, 0.4) is 0 Å². The Morgan fingerprint density at radius 2 is 0.750 bits per heavy atom. The first kappa shape index (κ1) is 46.9. The molecule has 2 unspecified atom stereocenters. The fraction of sp³-hybridized carbons (Fsp3) is 0.955. The van der Waals surface area contributed by atoms with Gasteiger partial charge in [0.05, 0.1) is 11.1 Å². The molecule has 2 heterocycles. The van der Waals surface area contributed by atoms with Gasteiger partial charge in [-0.15, -0.1) is 0 Å². The van der Waals surface area contributed by atoms with Gasteiger partial charge >= 0.3 is 11.9 Å². The van der Waals surface area contributed by atoms with Crippen LogP contribution in [0.1, 0.15) is 223 Å². The Kier molecular flexibility index (Phi) is 19.1. The van der Waals surface area contributed by atoms with E-state index in [1.807, 2.05) is 27.7 Å². The molecular formula is C44H84N2O6. The van der Waals surface area contributed by atoms with E-state index in [1.165, 1.54) is 64.2 Å². The number of nitrogens with zero attached hydrogens (tertiary/aromatic N) is 2. The molecule has 0 aromatic heterocycles. The summed E-state index contributed by atoms with van der Waals surface area (Å²) >= 11 is 0. The molecule has 0 spiro atoms. The fourth-order valence-corrected chi connectivity index (χ4v) is 9.11. The molecule has 2 rings (SSSR count). The normalized spacial score (nSPS) is 25.5. The Labute approximate surface area is 320 Å². The van der Waals surface area contributed by atoms with Gasteiger partial charge in [0.15, 0.2) is 0 Å². The number of hydrogen-bond donors (Lipinski definition) is 2. The van der Waals surface area contributed by atoms with Crippen LogP contribution < -0.4 is 0 Å². The van der Waals surface area contributed by atoms with Crippen LogP contribution in [0.4, 0.5) is 0 Å². The van der Waals surface area contributed by atoms with Gasteiger partial charge in [-0.1, -0.05) is 104 Å². The molecule has 0 bridgehead atoms. The highest BCUT2D eigenvalue weighted by Crippen LogP contribution is 2.47. The highest BCUT2D eigenvalue weighted by molar-refractivity contribution is 5.70. The number of ether oxygens (including phenoxy) is 2. The minimum Gasteiger partial charge on any atom is -0.431 e. The lowest BCUT2D eigenvalue weighted by atomic mass is 9.75. The molecule has 306 valence electrons. The summed E-state index contributed by atoms with van der Waals surface area (Å²) in [5, 5.41) is 23.4. The van der Waals surface area contributed by atoms with E-state index in [4.69, 9.17) is 9.47 Å². The smallest absolute Gasteiger partial charge is 0.308 e. The Morgan fingerprint density at radius 3 is 1.08 bits per heavy atom. The van der Waals surface area contributed by atoms with Crippen molar-refractivity contribution in [3.8, 4) is 0 Å². The van der Waals surface area contributed by atoms with Gasteiger partial charge in [0, 0.05) is 36.8 Å². The van der Waals surface area contributed by atoms with Gasteiger partial charge in [-0.2, -0.15) is 0 Å². The van der Waals surface area contributed by atoms with Gasteiger partial charge in [-0.3, -0.25) is 19.4 Å². The van der Waals surface area contributed by atoms with Crippen LogP contribution in [-0.4, -0.2) is 78.8 Å². The number of aliphatic hydroxyl groups is 2. The Balaban J connectivity index is 1.71. The standard InChI is InChI=1S/C44H84N2O6/c1-11-13-15-17-23-27-35-45-39(3,4)31-33-43(49,41(45,7)8)51-37(47)29-25-21-19-20-22-26-30-38(48)52-44(50)34-32-40(5,6)46(42(44,9)10)36-28-24-18-16-14-12-2/h49-50H,11-36H2,1-10H3. The van der Waals surface area contributed by atoms with Crippen LogP contribution in [0.25, 0.3) is 0 Å². The Morgan fingerprint density at radius 1 is 0.462 bits per heavy atom. The molecule has 2 aliphatic heterocycles. The molecule has 8 nitrogen and oxygen atoms in total. The summed E-state index contributed by atoms with van der Waals surface area (Å²) in [6.07, 6.45) is 22.8. The van der Waals surface area contributed by atoms with Gasteiger partial charge in [0.1, 0.15) is 0 Å². The molecule has 2 aliphatic rings. The van der Waals surface area contributed by atoms with Crippen molar-refractivity contribution in [1.82, 2.24) is 9.80 Å². The first-order valence-electron chi connectivity index (χ1n) is 21.7. The molecule has 0 amide bonds. The van der Waals surface area contributed by atoms with E-state index >= 15 is 0 Å².